The van der Waals surface area contributed by atoms with Gasteiger partial charge in [-0.1, -0.05) is 18.2 Å². The van der Waals surface area contributed by atoms with Crippen molar-refractivity contribution in [2.75, 3.05) is 0 Å². The summed E-state index contributed by atoms with van der Waals surface area (Å²) in [6.07, 6.45) is 1.04. The summed E-state index contributed by atoms with van der Waals surface area (Å²) in [4.78, 5) is 12.0. The highest BCUT2D eigenvalue weighted by Crippen LogP contribution is 2.47. The number of rotatable bonds is 5. The second-order valence-corrected chi connectivity index (χ2v) is 8.81. The Morgan fingerprint density at radius 1 is 1.19 bits per heavy atom. The number of nitrogens with zero attached hydrogens (tertiary/aromatic N) is 1. The van der Waals surface area contributed by atoms with Gasteiger partial charge in [-0.2, -0.15) is 0 Å². The Hall–Kier alpha value is -2.45. The highest BCUT2D eigenvalue weighted by Gasteiger charge is 2.49. The van der Waals surface area contributed by atoms with Crippen molar-refractivity contribution in [2.45, 2.75) is 43.2 Å². The highest BCUT2D eigenvalue weighted by molar-refractivity contribution is 7.89. The van der Waals surface area contributed by atoms with Crippen molar-refractivity contribution in [2.24, 2.45) is 0 Å². The van der Waals surface area contributed by atoms with E-state index in [9.17, 15) is 17.6 Å². The fraction of sp³-hybridized carbons (Fsp3) is 0.316. The van der Waals surface area contributed by atoms with Crippen LogP contribution in [0.4, 0.5) is 4.39 Å². The summed E-state index contributed by atoms with van der Waals surface area (Å²) in [6, 6.07) is 10.4. The van der Waals surface area contributed by atoms with Crippen LogP contribution >= 0.6 is 0 Å². The molecule has 27 heavy (non-hydrogen) atoms. The molecule has 0 aliphatic heterocycles. The molecule has 1 aliphatic rings. The zero-order chi connectivity index (χ0) is 19.4. The van der Waals surface area contributed by atoms with Gasteiger partial charge in [0.05, 0.1) is 16.0 Å². The van der Waals surface area contributed by atoms with Crippen molar-refractivity contribution in [1.29, 1.82) is 0 Å². The summed E-state index contributed by atoms with van der Waals surface area (Å²) in [5, 5.41) is 0. The van der Waals surface area contributed by atoms with Crippen LogP contribution in [0, 0.1) is 5.82 Å². The van der Waals surface area contributed by atoms with E-state index in [1.807, 2.05) is 13.8 Å². The van der Waals surface area contributed by atoms with Crippen LogP contribution in [0.3, 0.4) is 0 Å². The van der Waals surface area contributed by atoms with Gasteiger partial charge in [-0.3, -0.25) is 4.57 Å². The van der Waals surface area contributed by atoms with Crippen LogP contribution in [0.1, 0.15) is 38.3 Å². The number of sulfonamides is 1. The lowest BCUT2D eigenvalue weighted by atomic mass is 10.1. The normalized spacial score (nSPS) is 16.1. The molecular weight excluding hydrogens is 371 g/mol. The Morgan fingerprint density at radius 2 is 1.89 bits per heavy atom. The average Bonchev–Trinajstić information content (AvgIpc) is 3.27. The van der Waals surface area contributed by atoms with Crippen molar-refractivity contribution in [3.05, 3.63) is 64.4 Å². The standard InChI is InChI=1S/C19H19FN2O4S/c1-12(2)22-16-8-7-13(11-17(16)26-18(22)23)27(24,25)21-19(9-10-19)14-5-3-4-6-15(14)20/h3-8,11-12,21H,9-10H2,1-2H3. The van der Waals surface area contributed by atoms with E-state index in [4.69, 9.17) is 4.42 Å². The molecule has 0 unspecified atom stereocenters. The van der Waals surface area contributed by atoms with Gasteiger partial charge in [0.1, 0.15) is 5.82 Å². The Balaban J connectivity index is 1.73. The van der Waals surface area contributed by atoms with Gasteiger partial charge in [0.2, 0.25) is 10.0 Å². The van der Waals surface area contributed by atoms with Gasteiger partial charge in [0.15, 0.2) is 5.58 Å². The van der Waals surface area contributed by atoms with Crippen LogP contribution in [0.2, 0.25) is 0 Å². The molecule has 1 heterocycles. The van der Waals surface area contributed by atoms with E-state index in [0.717, 1.165) is 0 Å². The molecule has 0 saturated heterocycles. The van der Waals surface area contributed by atoms with Crippen molar-refractivity contribution in [3.8, 4) is 0 Å². The zero-order valence-electron chi connectivity index (χ0n) is 14.9. The number of benzene rings is 2. The van der Waals surface area contributed by atoms with E-state index in [-0.39, 0.29) is 16.5 Å². The third-order valence-electron chi connectivity index (χ3n) is 4.88. The van der Waals surface area contributed by atoms with Crippen molar-refractivity contribution < 1.29 is 17.2 Å². The van der Waals surface area contributed by atoms with Gasteiger partial charge in [-0.15, -0.1) is 0 Å². The van der Waals surface area contributed by atoms with Crippen LogP contribution in [-0.2, 0) is 15.6 Å². The molecule has 1 fully saturated rings. The Morgan fingerprint density at radius 3 is 2.52 bits per heavy atom. The molecule has 1 N–H and O–H groups in total. The molecule has 0 radical (unpaired) electrons. The predicted molar refractivity (Wildman–Crippen MR) is 98.5 cm³/mol. The van der Waals surface area contributed by atoms with Crippen LogP contribution in [0.15, 0.2) is 56.6 Å². The molecule has 0 amide bonds. The topological polar surface area (TPSA) is 81.3 Å². The van der Waals surface area contributed by atoms with E-state index in [1.165, 1.54) is 22.8 Å². The number of nitrogens with one attached hydrogen (secondary N) is 1. The summed E-state index contributed by atoms with van der Waals surface area (Å²) in [7, 11) is -3.92. The molecule has 6 nitrogen and oxygen atoms in total. The van der Waals surface area contributed by atoms with Crippen molar-refractivity contribution in [1.82, 2.24) is 9.29 Å². The molecule has 2 aromatic carbocycles. The number of hydrogen-bond acceptors (Lipinski definition) is 4. The molecular formula is C19H19FN2O4S. The van der Waals surface area contributed by atoms with E-state index >= 15 is 0 Å². The van der Waals surface area contributed by atoms with Gasteiger partial charge in [-0.05, 0) is 44.9 Å². The molecule has 0 atom stereocenters. The Bertz CT molecular complexity index is 1190. The summed E-state index contributed by atoms with van der Waals surface area (Å²) < 4.78 is 49.2. The van der Waals surface area contributed by atoms with Crippen LogP contribution in [0.25, 0.3) is 11.1 Å². The Kier molecular flexibility index (Phi) is 4.01. The number of halogens is 1. The van der Waals surface area contributed by atoms with Gasteiger partial charge >= 0.3 is 5.76 Å². The SMILES string of the molecule is CC(C)n1c(=O)oc2cc(S(=O)(=O)NC3(c4ccccc4F)CC3)ccc21. The molecule has 3 aromatic rings. The lowest BCUT2D eigenvalue weighted by Crippen LogP contribution is -2.35. The second kappa shape index (κ2) is 6.03. The lowest BCUT2D eigenvalue weighted by molar-refractivity contribution is 0.477. The van der Waals surface area contributed by atoms with E-state index < -0.39 is 27.1 Å². The summed E-state index contributed by atoms with van der Waals surface area (Å²) >= 11 is 0. The van der Waals surface area contributed by atoms with Gasteiger partial charge < -0.3 is 4.42 Å². The van der Waals surface area contributed by atoms with Crippen molar-refractivity contribution in [3.63, 3.8) is 0 Å². The minimum absolute atomic E-state index is 0.0257. The highest BCUT2D eigenvalue weighted by atomic mass is 32.2. The lowest BCUT2D eigenvalue weighted by Gasteiger charge is -2.18. The summed E-state index contributed by atoms with van der Waals surface area (Å²) in [5.41, 5.74) is 0.146. The minimum atomic E-state index is -3.92. The molecule has 1 aliphatic carbocycles. The maximum atomic E-state index is 14.1. The van der Waals surface area contributed by atoms with Crippen LogP contribution in [0.5, 0.6) is 0 Å². The number of hydrogen-bond donors (Lipinski definition) is 1. The molecule has 1 saturated carbocycles. The average molecular weight is 390 g/mol. The number of fused-ring (bicyclic) bond motifs is 1. The molecule has 1 aromatic heterocycles. The third kappa shape index (κ3) is 2.98. The van der Waals surface area contributed by atoms with Crippen LogP contribution in [-0.4, -0.2) is 13.0 Å². The maximum absolute atomic E-state index is 14.1. The fourth-order valence-corrected chi connectivity index (χ4v) is 4.85. The molecule has 8 heteroatoms. The first-order valence-corrected chi connectivity index (χ1v) is 10.2. The number of aromatic nitrogens is 1. The molecule has 4 rings (SSSR count). The van der Waals surface area contributed by atoms with Gasteiger partial charge in [0, 0.05) is 17.7 Å². The van der Waals surface area contributed by atoms with E-state index in [2.05, 4.69) is 4.72 Å². The van der Waals surface area contributed by atoms with Gasteiger partial charge in [-0.25, -0.2) is 22.3 Å². The monoisotopic (exact) mass is 390 g/mol. The second-order valence-electron chi connectivity index (χ2n) is 7.13. The quantitative estimate of drug-likeness (QED) is 0.725. The van der Waals surface area contributed by atoms with Gasteiger partial charge in [0.25, 0.3) is 0 Å². The summed E-state index contributed by atoms with van der Waals surface area (Å²) in [6.45, 7) is 3.68. The maximum Gasteiger partial charge on any atom is 0.420 e. The molecule has 0 bridgehead atoms. The summed E-state index contributed by atoms with van der Waals surface area (Å²) in [5.74, 6) is -0.972. The molecule has 0 spiro atoms. The smallest absolute Gasteiger partial charge is 0.408 e. The first kappa shape index (κ1) is 17.9. The Labute approximate surface area is 155 Å². The minimum Gasteiger partial charge on any atom is -0.408 e. The molecule has 142 valence electrons. The fourth-order valence-electron chi connectivity index (χ4n) is 3.39. The first-order valence-electron chi connectivity index (χ1n) is 8.68. The van der Waals surface area contributed by atoms with E-state index in [1.54, 1.807) is 24.3 Å². The first-order chi connectivity index (χ1) is 12.7. The zero-order valence-corrected chi connectivity index (χ0v) is 15.7. The van der Waals surface area contributed by atoms with Crippen molar-refractivity contribution >= 4 is 21.1 Å². The van der Waals surface area contributed by atoms with E-state index in [0.29, 0.717) is 23.9 Å². The largest absolute Gasteiger partial charge is 0.420 e. The third-order valence-corrected chi connectivity index (χ3v) is 6.41. The number of oxazole rings is 1. The predicted octanol–water partition coefficient (Wildman–Crippen LogP) is 3.28. The van der Waals surface area contributed by atoms with Crippen LogP contribution < -0.4 is 10.5 Å².